The fourth-order valence-electron chi connectivity index (χ4n) is 4.36. The summed E-state index contributed by atoms with van der Waals surface area (Å²) in [6, 6.07) is -0.559. The Morgan fingerprint density at radius 1 is 0.562 bits per heavy atom. The third-order valence-electron chi connectivity index (χ3n) is 6.71. The van der Waals surface area contributed by atoms with Crippen molar-refractivity contribution in [2.75, 3.05) is 6.61 Å². The smallest absolute Gasteiger partial charge is 0.0894 e. The summed E-state index contributed by atoms with van der Waals surface area (Å²) in [5.41, 5.74) is 5.56. The molecule has 3 heteroatoms. The highest BCUT2D eigenvalue weighted by atomic mass is 16.3. The zero-order valence-corrected chi connectivity index (χ0v) is 21.8. The van der Waals surface area contributed by atoms with Gasteiger partial charge in [0.1, 0.15) is 0 Å². The molecule has 0 saturated carbocycles. The van der Waals surface area contributed by atoms with Gasteiger partial charge >= 0.3 is 0 Å². The van der Waals surface area contributed by atoms with Crippen LogP contribution in [0.2, 0.25) is 0 Å². The van der Waals surface area contributed by atoms with E-state index < -0.39 is 12.1 Å². The number of allylic oxidation sites excluding steroid dienone is 1. The minimum Gasteiger partial charge on any atom is -0.395 e. The van der Waals surface area contributed by atoms with Gasteiger partial charge in [-0.3, -0.25) is 0 Å². The zero-order valence-electron chi connectivity index (χ0n) is 21.8. The van der Waals surface area contributed by atoms with Crippen LogP contribution in [-0.2, 0) is 0 Å². The van der Waals surface area contributed by atoms with E-state index in [0.29, 0.717) is 0 Å². The predicted octanol–water partition coefficient (Wildman–Crippen LogP) is 8.22. The van der Waals surface area contributed by atoms with Crippen LogP contribution in [-0.4, -0.2) is 29.0 Å². The minimum absolute atomic E-state index is 0.176. The molecule has 0 amide bonds. The highest BCUT2D eigenvalue weighted by Crippen LogP contribution is 2.15. The Hall–Kier alpha value is -0.380. The molecule has 0 aromatic heterocycles. The van der Waals surface area contributed by atoms with Crippen LogP contribution in [0.5, 0.6) is 0 Å². The number of nitrogens with two attached hydrogens (primary N) is 1. The Bertz CT molecular complexity index is 372. The van der Waals surface area contributed by atoms with Crippen molar-refractivity contribution in [2.45, 2.75) is 167 Å². The van der Waals surface area contributed by atoms with Crippen LogP contribution < -0.4 is 5.73 Å². The van der Waals surface area contributed by atoms with E-state index in [1.807, 2.05) is 6.08 Å². The maximum Gasteiger partial charge on any atom is 0.0894 e. The first-order valence-corrected chi connectivity index (χ1v) is 14.4. The van der Waals surface area contributed by atoms with Crippen molar-refractivity contribution < 1.29 is 10.2 Å². The van der Waals surface area contributed by atoms with E-state index >= 15 is 0 Å². The van der Waals surface area contributed by atoms with Crippen molar-refractivity contribution in [1.82, 2.24) is 0 Å². The van der Waals surface area contributed by atoms with E-state index in [9.17, 15) is 5.11 Å². The summed E-state index contributed by atoms with van der Waals surface area (Å²) in [4.78, 5) is 0. The molecule has 0 saturated heterocycles. The second-order valence-electron chi connectivity index (χ2n) is 9.98. The summed E-state index contributed by atoms with van der Waals surface area (Å²) in [7, 11) is 0. The van der Waals surface area contributed by atoms with Gasteiger partial charge in [0.15, 0.2) is 0 Å². The zero-order chi connectivity index (χ0) is 23.5. The summed E-state index contributed by atoms with van der Waals surface area (Å²) in [5.74, 6) is 0. The molecule has 3 nitrogen and oxygen atoms in total. The number of hydrogen-bond donors (Lipinski definition) is 3. The predicted molar refractivity (Wildman–Crippen MR) is 142 cm³/mol. The summed E-state index contributed by atoms with van der Waals surface area (Å²) in [6.45, 7) is 2.12. The second-order valence-corrected chi connectivity index (χ2v) is 9.98. The van der Waals surface area contributed by atoms with Crippen molar-refractivity contribution in [3.63, 3.8) is 0 Å². The van der Waals surface area contributed by atoms with E-state index in [0.717, 1.165) is 6.42 Å². The third kappa shape index (κ3) is 24.3. The largest absolute Gasteiger partial charge is 0.395 e. The fourth-order valence-corrected chi connectivity index (χ4v) is 4.36. The van der Waals surface area contributed by atoms with Crippen LogP contribution in [0.4, 0.5) is 0 Å². The molecule has 2 atom stereocenters. The normalized spacial score (nSPS) is 13.8. The van der Waals surface area contributed by atoms with Crippen LogP contribution in [0.15, 0.2) is 12.2 Å². The molecule has 0 aliphatic carbocycles. The first-order chi connectivity index (χ1) is 15.7. The van der Waals surface area contributed by atoms with Gasteiger partial charge in [-0.05, 0) is 12.8 Å². The SMILES string of the molecule is CCCCCCCCCCCCCCCCCCCCCCCC/C=C/[C@@H](O)[C@@H](N)CO. The first kappa shape index (κ1) is 31.6. The summed E-state index contributed by atoms with van der Waals surface area (Å²) in [5, 5.41) is 18.5. The molecule has 32 heavy (non-hydrogen) atoms. The quantitative estimate of drug-likeness (QED) is 0.0912. The van der Waals surface area contributed by atoms with Crippen LogP contribution in [0.3, 0.4) is 0 Å². The van der Waals surface area contributed by atoms with Gasteiger partial charge in [0.25, 0.3) is 0 Å². The summed E-state index contributed by atoms with van der Waals surface area (Å²) >= 11 is 0. The molecule has 0 aromatic rings. The van der Waals surface area contributed by atoms with Gasteiger partial charge < -0.3 is 15.9 Å². The molecule has 192 valence electrons. The van der Waals surface area contributed by atoms with Crippen molar-refractivity contribution in [1.29, 1.82) is 0 Å². The Kier molecular flexibility index (Phi) is 26.5. The molecular weight excluding hydrogens is 394 g/mol. The van der Waals surface area contributed by atoms with Gasteiger partial charge in [0.2, 0.25) is 0 Å². The third-order valence-corrected chi connectivity index (χ3v) is 6.71. The average Bonchev–Trinajstić information content (AvgIpc) is 2.81. The number of aliphatic hydroxyl groups excluding tert-OH is 2. The Morgan fingerprint density at radius 3 is 1.19 bits per heavy atom. The van der Waals surface area contributed by atoms with Gasteiger partial charge in [-0.25, -0.2) is 0 Å². The molecule has 0 bridgehead atoms. The van der Waals surface area contributed by atoms with Crippen LogP contribution in [0, 0.1) is 0 Å². The van der Waals surface area contributed by atoms with Crippen molar-refractivity contribution in [2.24, 2.45) is 5.73 Å². The Balaban J connectivity index is 3.11. The number of rotatable bonds is 26. The van der Waals surface area contributed by atoms with Crippen LogP contribution >= 0.6 is 0 Å². The van der Waals surface area contributed by atoms with Crippen molar-refractivity contribution >= 4 is 0 Å². The van der Waals surface area contributed by atoms with Gasteiger partial charge in [-0.15, -0.1) is 0 Å². The van der Waals surface area contributed by atoms with Gasteiger partial charge in [-0.2, -0.15) is 0 Å². The van der Waals surface area contributed by atoms with E-state index in [1.54, 1.807) is 6.08 Å². The topological polar surface area (TPSA) is 66.5 Å². The second kappa shape index (κ2) is 26.9. The highest BCUT2D eigenvalue weighted by Gasteiger charge is 2.08. The molecule has 0 unspecified atom stereocenters. The summed E-state index contributed by atoms with van der Waals surface area (Å²) < 4.78 is 0. The molecule has 4 N–H and O–H groups in total. The lowest BCUT2D eigenvalue weighted by Gasteiger charge is -2.11. The van der Waals surface area contributed by atoms with E-state index in [1.165, 1.54) is 141 Å². The van der Waals surface area contributed by atoms with Gasteiger partial charge in [0.05, 0.1) is 18.8 Å². The molecule has 0 radical (unpaired) electrons. The van der Waals surface area contributed by atoms with E-state index in [2.05, 4.69) is 6.92 Å². The first-order valence-electron chi connectivity index (χ1n) is 14.4. The molecule has 0 rings (SSSR count). The lowest BCUT2D eigenvalue weighted by Crippen LogP contribution is -2.36. The Morgan fingerprint density at radius 2 is 0.875 bits per heavy atom. The monoisotopic (exact) mass is 453 g/mol. The van der Waals surface area contributed by atoms with Crippen molar-refractivity contribution in [3.05, 3.63) is 12.2 Å². The van der Waals surface area contributed by atoms with E-state index in [-0.39, 0.29) is 6.61 Å². The highest BCUT2D eigenvalue weighted by molar-refractivity contribution is 4.93. The number of unbranched alkanes of at least 4 members (excludes halogenated alkanes) is 22. The number of hydrogen-bond acceptors (Lipinski definition) is 3. The van der Waals surface area contributed by atoms with Crippen LogP contribution in [0.25, 0.3) is 0 Å². The number of aliphatic hydroxyl groups is 2. The van der Waals surface area contributed by atoms with E-state index in [4.69, 9.17) is 10.8 Å². The molecule has 0 spiro atoms. The molecular formula is C29H59NO2. The molecule has 0 aromatic carbocycles. The molecule has 0 fully saturated rings. The van der Waals surface area contributed by atoms with Crippen LogP contribution in [0.1, 0.15) is 155 Å². The van der Waals surface area contributed by atoms with Gasteiger partial charge in [0, 0.05) is 0 Å². The standard InChI is InChI=1S/C29H59NO2/c1-2-3-4-5-6-7-8-9-10-11-12-13-14-15-16-17-18-19-20-21-22-23-24-25-26-29(32)28(30)27-31/h25-26,28-29,31-32H,2-24,27,30H2,1H3/b26-25+/t28-,29+/m0/s1. The maximum absolute atomic E-state index is 9.62. The molecule has 0 aliphatic heterocycles. The fraction of sp³-hybridized carbons (Fsp3) is 0.931. The minimum atomic E-state index is -0.722. The Labute approximate surface area is 201 Å². The summed E-state index contributed by atoms with van der Waals surface area (Å²) in [6.07, 6.45) is 35.0. The van der Waals surface area contributed by atoms with Gasteiger partial charge in [-0.1, -0.05) is 154 Å². The maximum atomic E-state index is 9.62. The van der Waals surface area contributed by atoms with Crippen molar-refractivity contribution in [3.8, 4) is 0 Å². The average molecular weight is 454 g/mol. The lowest BCUT2D eigenvalue weighted by molar-refractivity contribution is 0.144. The molecule has 0 heterocycles. The molecule has 0 aliphatic rings. The lowest BCUT2D eigenvalue weighted by atomic mass is 10.0.